The Morgan fingerprint density at radius 3 is 2.55 bits per heavy atom. The lowest BCUT2D eigenvalue weighted by Crippen LogP contribution is -2.23. The lowest BCUT2D eigenvalue weighted by molar-refractivity contribution is 0.0946. The summed E-state index contributed by atoms with van der Waals surface area (Å²) in [7, 11) is 0. The fourth-order valence-corrected chi connectivity index (χ4v) is 1.69. The summed E-state index contributed by atoms with van der Waals surface area (Å²) in [5.74, 6) is 0.652. The van der Waals surface area contributed by atoms with Crippen molar-refractivity contribution in [3.8, 4) is 5.75 Å². The highest BCUT2D eigenvalue weighted by molar-refractivity contribution is 5.91. The topological polar surface area (TPSA) is 67.0 Å². The number of benzene rings is 1. The molecule has 5 nitrogen and oxygen atoms in total. The number of nitrogens with zero attached hydrogens (tertiary/aromatic N) is 1. The van der Waals surface area contributed by atoms with Gasteiger partial charge < -0.3 is 15.0 Å². The van der Waals surface area contributed by atoms with Crippen LogP contribution in [0.3, 0.4) is 0 Å². The van der Waals surface area contributed by atoms with Gasteiger partial charge in [-0.1, -0.05) is 12.1 Å². The first-order chi connectivity index (χ1) is 9.44. The van der Waals surface area contributed by atoms with Crippen LogP contribution in [0.5, 0.6) is 5.75 Å². The van der Waals surface area contributed by atoms with Crippen molar-refractivity contribution in [1.82, 2.24) is 15.3 Å². The molecule has 0 saturated carbocycles. The van der Waals surface area contributed by atoms with Crippen LogP contribution in [0.2, 0.25) is 0 Å². The van der Waals surface area contributed by atoms with Gasteiger partial charge in [0.25, 0.3) is 5.91 Å². The zero-order valence-corrected chi connectivity index (χ0v) is 11.9. The smallest absolute Gasteiger partial charge is 0.269 e. The number of H-pyrrole nitrogens is 1. The van der Waals surface area contributed by atoms with Gasteiger partial charge in [0.05, 0.1) is 12.5 Å². The minimum atomic E-state index is -0.212. The molecule has 106 valence electrons. The average Bonchev–Trinajstić information content (AvgIpc) is 2.89. The molecule has 2 rings (SSSR count). The van der Waals surface area contributed by atoms with Crippen LogP contribution in [0.25, 0.3) is 0 Å². The van der Waals surface area contributed by atoms with Crippen LogP contribution in [0.4, 0.5) is 0 Å². The highest BCUT2D eigenvalue weighted by Gasteiger charge is 2.11. The molecule has 1 heterocycles. The third-order valence-corrected chi connectivity index (χ3v) is 2.54. The van der Waals surface area contributed by atoms with Gasteiger partial charge in [-0.15, -0.1) is 0 Å². The van der Waals surface area contributed by atoms with Gasteiger partial charge in [-0.05, 0) is 38.5 Å². The molecule has 0 unspecified atom stereocenters. The fourth-order valence-electron chi connectivity index (χ4n) is 1.69. The van der Waals surface area contributed by atoms with E-state index >= 15 is 0 Å². The minimum Gasteiger partial charge on any atom is -0.488 e. The lowest BCUT2D eigenvalue weighted by atomic mass is 10.1. The molecular formula is C15H19N3O2. The maximum absolute atomic E-state index is 11.7. The number of carbonyl (C=O) groups excluding carboxylic acids is 1. The number of nitrogens with one attached hydrogen (secondary N) is 2. The Morgan fingerprint density at radius 2 is 2.00 bits per heavy atom. The van der Waals surface area contributed by atoms with Gasteiger partial charge in [-0.2, -0.15) is 0 Å². The molecule has 2 aromatic rings. The Bertz CT molecular complexity index is 554. The molecule has 0 spiro atoms. The number of imidazole rings is 1. The van der Waals surface area contributed by atoms with E-state index in [0.717, 1.165) is 11.3 Å². The summed E-state index contributed by atoms with van der Waals surface area (Å²) >= 11 is 0. The number of hydrogen-bond acceptors (Lipinski definition) is 3. The maximum atomic E-state index is 11.7. The van der Waals surface area contributed by atoms with Crippen molar-refractivity contribution in [3.63, 3.8) is 0 Å². The number of ether oxygens (including phenoxy) is 1. The van der Waals surface area contributed by atoms with Gasteiger partial charge in [0, 0.05) is 6.54 Å². The van der Waals surface area contributed by atoms with Crippen molar-refractivity contribution in [2.24, 2.45) is 0 Å². The second-order valence-corrected chi connectivity index (χ2v) is 5.51. The van der Waals surface area contributed by atoms with Crippen molar-refractivity contribution in [2.75, 3.05) is 0 Å². The first kappa shape index (κ1) is 14.1. The molecule has 0 fully saturated rings. The van der Waals surface area contributed by atoms with Crippen LogP contribution in [-0.2, 0) is 6.54 Å². The van der Waals surface area contributed by atoms with Crippen LogP contribution in [0.15, 0.2) is 36.8 Å². The van der Waals surface area contributed by atoms with Gasteiger partial charge in [0.2, 0.25) is 0 Å². The molecule has 0 aliphatic carbocycles. The summed E-state index contributed by atoms with van der Waals surface area (Å²) < 4.78 is 5.74. The van der Waals surface area contributed by atoms with E-state index in [0.29, 0.717) is 12.2 Å². The van der Waals surface area contributed by atoms with E-state index in [2.05, 4.69) is 15.3 Å². The predicted octanol–water partition coefficient (Wildman–Crippen LogP) is 2.52. The average molecular weight is 273 g/mol. The van der Waals surface area contributed by atoms with Crippen molar-refractivity contribution in [3.05, 3.63) is 48.0 Å². The molecule has 2 N–H and O–H groups in total. The van der Waals surface area contributed by atoms with E-state index in [1.165, 1.54) is 12.5 Å². The number of aromatic nitrogens is 2. The highest BCUT2D eigenvalue weighted by atomic mass is 16.5. The third-order valence-electron chi connectivity index (χ3n) is 2.54. The predicted molar refractivity (Wildman–Crippen MR) is 76.6 cm³/mol. The summed E-state index contributed by atoms with van der Waals surface area (Å²) in [5, 5.41) is 2.82. The molecule has 0 radical (unpaired) electrons. The van der Waals surface area contributed by atoms with Gasteiger partial charge >= 0.3 is 0 Å². The first-order valence-electron chi connectivity index (χ1n) is 6.48. The zero-order chi connectivity index (χ0) is 14.6. The van der Waals surface area contributed by atoms with Crippen LogP contribution in [-0.4, -0.2) is 21.5 Å². The molecule has 0 aliphatic rings. The minimum absolute atomic E-state index is 0.169. The normalized spacial score (nSPS) is 11.2. The van der Waals surface area contributed by atoms with Crippen LogP contribution < -0.4 is 10.1 Å². The molecule has 0 aliphatic heterocycles. The Balaban J connectivity index is 1.89. The number of amides is 1. The molecule has 1 amide bonds. The number of aromatic amines is 1. The van der Waals surface area contributed by atoms with Crippen molar-refractivity contribution >= 4 is 5.91 Å². The van der Waals surface area contributed by atoms with Crippen LogP contribution in [0, 0.1) is 0 Å². The molecule has 0 saturated heterocycles. The molecule has 1 aromatic heterocycles. The van der Waals surface area contributed by atoms with Gasteiger partial charge in [-0.25, -0.2) is 4.98 Å². The molecule has 20 heavy (non-hydrogen) atoms. The summed E-state index contributed by atoms with van der Waals surface area (Å²) in [6.07, 6.45) is 2.98. The Kier molecular flexibility index (Phi) is 4.08. The van der Waals surface area contributed by atoms with E-state index in [4.69, 9.17) is 4.74 Å². The lowest BCUT2D eigenvalue weighted by Gasteiger charge is -2.21. The summed E-state index contributed by atoms with van der Waals surface area (Å²) in [6.45, 7) is 6.48. The monoisotopic (exact) mass is 273 g/mol. The quantitative estimate of drug-likeness (QED) is 0.899. The molecule has 0 atom stereocenters. The fraction of sp³-hybridized carbons (Fsp3) is 0.333. The Hall–Kier alpha value is -2.30. The van der Waals surface area contributed by atoms with Crippen molar-refractivity contribution in [1.29, 1.82) is 0 Å². The van der Waals surface area contributed by atoms with Gasteiger partial charge in [0.15, 0.2) is 0 Å². The second kappa shape index (κ2) is 5.77. The van der Waals surface area contributed by atoms with Crippen molar-refractivity contribution < 1.29 is 9.53 Å². The van der Waals surface area contributed by atoms with Crippen molar-refractivity contribution in [2.45, 2.75) is 32.9 Å². The molecule has 1 aromatic carbocycles. The van der Waals surface area contributed by atoms with Gasteiger partial charge in [0.1, 0.15) is 17.0 Å². The van der Waals surface area contributed by atoms with E-state index in [1.54, 1.807) is 0 Å². The van der Waals surface area contributed by atoms with E-state index in [1.807, 2.05) is 45.0 Å². The first-order valence-corrected chi connectivity index (χ1v) is 6.48. The standard InChI is InChI=1S/C15H19N3O2/c1-15(2,3)20-12-6-4-11(5-7-12)8-17-14(19)13-9-16-10-18-13/h4-7,9-10H,8H2,1-3H3,(H,16,18)(H,17,19). The van der Waals surface area contributed by atoms with E-state index < -0.39 is 0 Å². The second-order valence-electron chi connectivity index (χ2n) is 5.51. The number of rotatable bonds is 4. The zero-order valence-electron chi connectivity index (χ0n) is 11.9. The molecule has 0 bridgehead atoms. The van der Waals surface area contributed by atoms with E-state index in [-0.39, 0.29) is 11.5 Å². The number of carbonyl (C=O) groups is 1. The van der Waals surface area contributed by atoms with Crippen LogP contribution in [0.1, 0.15) is 36.8 Å². The summed E-state index contributed by atoms with van der Waals surface area (Å²) in [5.41, 5.74) is 1.26. The van der Waals surface area contributed by atoms with Crippen LogP contribution >= 0.6 is 0 Å². The van der Waals surface area contributed by atoms with E-state index in [9.17, 15) is 4.79 Å². The summed E-state index contributed by atoms with van der Waals surface area (Å²) in [4.78, 5) is 18.3. The Labute approximate surface area is 118 Å². The number of hydrogen-bond donors (Lipinski definition) is 2. The maximum Gasteiger partial charge on any atom is 0.269 e. The third kappa shape index (κ3) is 4.12. The largest absolute Gasteiger partial charge is 0.488 e. The Morgan fingerprint density at radius 1 is 1.30 bits per heavy atom. The van der Waals surface area contributed by atoms with Gasteiger partial charge in [-0.3, -0.25) is 4.79 Å². The SMILES string of the molecule is CC(C)(C)Oc1ccc(CNC(=O)c2cnc[nH]2)cc1. The highest BCUT2D eigenvalue weighted by Crippen LogP contribution is 2.18. The summed E-state index contributed by atoms with van der Waals surface area (Å²) in [6, 6.07) is 7.69. The molecular weight excluding hydrogens is 254 g/mol. The molecule has 5 heteroatoms.